The highest BCUT2D eigenvalue weighted by atomic mass is 19.3. The summed E-state index contributed by atoms with van der Waals surface area (Å²) in [4.78, 5) is 2.17. The van der Waals surface area contributed by atoms with E-state index < -0.39 is 6.43 Å². The van der Waals surface area contributed by atoms with Gasteiger partial charge in [0.1, 0.15) is 0 Å². The first-order chi connectivity index (χ1) is 6.07. The molecule has 0 saturated carbocycles. The first kappa shape index (κ1) is 12.8. The summed E-state index contributed by atoms with van der Waals surface area (Å²) in [6.45, 7) is 5.50. The van der Waals surface area contributed by atoms with Gasteiger partial charge in [-0.1, -0.05) is 6.92 Å². The van der Waals surface area contributed by atoms with Gasteiger partial charge in [-0.05, 0) is 20.4 Å². The summed E-state index contributed by atoms with van der Waals surface area (Å²) >= 11 is 0. The van der Waals surface area contributed by atoms with Gasteiger partial charge in [0.25, 0.3) is 6.43 Å². The van der Waals surface area contributed by atoms with Gasteiger partial charge in [-0.2, -0.15) is 0 Å². The van der Waals surface area contributed by atoms with Gasteiger partial charge < -0.3 is 10.2 Å². The van der Waals surface area contributed by atoms with Crippen molar-refractivity contribution < 1.29 is 8.78 Å². The van der Waals surface area contributed by atoms with Gasteiger partial charge in [0.05, 0.1) is 6.54 Å². The summed E-state index contributed by atoms with van der Waals surface area (Å²) < 4.78 is 23.4. The SMILES string of the molecule is CCC(C)N(C)CCNCC(F)F. The van der Waals surface area contributed by atoms with Gasteiger partial charge in [0.2, 0.25) is 0 Å². The molecular formula is C9H20F2N2. The molecule has 0 heterocycles. The van der Waals surface area contributed by atoms with Gasteiger partial charge in [-0.3, -0.25) is 0 Å². The van der Waals surface area contributed by atoms with E-state index in [0.29, 0.717) is 12.6 Å². The van der Waals surface area contributed by atoms with Crippen molar-refractivity contribution in [1.29, 1.82) is 0 Å². The van der Waals surface area contributed by atoms with Crippen LogP contribution in [-0.2, 0) is 0 Å². The lowest BCUT2D eigenvalue weighted by atomic mass is 10.2. The summed E-state index contributed by atoms with van der Waals surface area (Å²) in [5.41, 5.74) is 0. The third-order valence-corrected chi connectivity index (χ3v) is 2.28. The highest BCUT2D eigenvalue weighted by molar-refractivity contribution is 4.62. The van der Waals surface area contributed by atoms with Gasteiger partial charge in [0.15, 0.2) is 0 Å². The lowest BCUT2D eigenvalue weighted by Gasteiger charge is -2.23. The Hall–Kier alpha value is -0.220. The van der Waals surface area contributed by atoms with Crippen LogP contribution in [0.1, 0.15) is 20.3 Å². The Balaban J connectivity index is 3.31. The molecule has 0 aliphatic heterocycles. The second kappa shape index (κ2) is 7.21. The highest BCUT2D eigenvalue weighted by Gasteiger charge is 2.06. The van der Waals surface area contributed by atoms with E-state index in [2.05, 4.69) is 24.1 Å². The Bertz CT molecular complexity index is 120. The zero-order valence-corrected chi connectivity index (χ0v) is 8.69. The highest BCUT2D eigenvalue weighted by Crippen LogP contribution is 1.98. The van der Waals surface area contributed by atoms with Gasteiger partial charge in [-0.25, -0.2) is 8.78 Å². The smallest absolute Gasteiger partial charge is 0.250 e. The fourth-order valence-electron chi connectivity index (χ4n) is 0.999. The molecule has 0 aromatic rings. The summed E-state index contributed by atoms with van der Waals surface area (Å²) in [5.74, 6) is 0. The van der Waals surface area contributed by atoms with Crippen molar-refractivity contribution in [3.63, 3.8) is 0 Å². The van der Waals surface area contributed by atoms with Crippen molar-refractivity contribution in [1.82, 2.24) is 10.2 Å². The molecule has 0 amide bonds. The fraction of sp³-hybridized carbons (Fsp3) is 1.00. The third-order valence-electron chi connectivity index (χ3n) is 2.28. The second-order valence-corrected chi connectivity index (χ2v) is 3.33. The second-order valence-electron chi connectivity index (χ2n) is 3.33. The summed E-state index contributed by atoms with van der Waals surface area (Å²) in [5, 5.41) is 2.70. The molecule has 0 spiro atoms. The van der Waals surface area contributed by atoms with Crippen LogP contribution in [0.4, 0.5) is 8.78 Å². The molecule has 0 fully saturated rings. The monoisotopic (exact) mass is 194 g/mol. The molecule has 0 aromatic carbocycles. The first-order valence-electron chi connectivity index (χ1n) is 4.77. The molecule has 0 saturated heterocycles. The number of nitrogens with one attached hydrogen (secondary N) is 1. The first-order valence-corrected chi connectivity index (χ1v) is 4.77. The summed E-state index contributed by atoms with van der Waals surface area (Å²) in [6, 6.07) is 0.522. The van der Waals surface area contributed by atoms with Crippen LogP contribution in [0, 0.1) is 0 Å². The van der Waals surface area contributed by atoms with E-state index >= 15 is 0 Å². The lowest BCUT2D eigenvalue weighted by molar-refractivity contribution is 0.143. The maximum atomic E-state index is 11.7. The largest absolute Gasteiger partial charge is 0.310 e. The van der Waals surface area contributed by atoms with Crippen LogP contribution in [0.15, 0.2) is 0 Å². The zero-order valence-electron chi connectivity index (χ0n) is 8.69. The normalized spacial score (nSPS) is 14.1. The van der Waals surface area contributed by atoms with E-state index in [1.165, 1.54) is 0 Å². The van der Waals surface area contributed by atoms with Gasteiger partial charge >= 0.3 is 0 Å². The molecule has 1 atom stereocenters. The zero-order chi connectivity index (χ0) is 10.3. The van der Waals surface area contributed by atoms with Crippen LogP contribution >= 0.6 is 0 Å². The number of rotatable bonds is 7. The predicted octanol–water partition coefficient (Wildman–Crippen LogP) is 1.57. The molecule has 0 bridgehead atoms. The van der Waals surface area contributed by atoms with Crippen molar-refractivity contribution in [2.45, 2.75) is 32.7 Å². The Morgan fingerprint density at radius 3 is 2.46 bits per heavy atom. The molecule has 4 heteroatoms. The number of hydrogen-bond donors (Lipinski definition) is 1. The van der Waals surface area contributed by atoms with Crippen LogP contribution in [0.25, 0.3) is 0 Å². The number of hydrogen-bond acceptors (Lipinski definition) is 2. The van der Waals surface area contributed by atoms with Gasteiger partial charge in [-0.15, -0.1) is 0 Å². The molecule has 80 valence electrons. The van der Waals surface area contributed by atoms with E-state index in [-0.39, 0.29) is 6.54 Å². The van der Waals surface area contributed by atoms with Crippen molar-refractivity contribution in [2.24, 2.45) is 0 Å². The van der Waals surface area contributed by atoms with E-state index in [4.69, 9.17) is 0 Å². The minimum absolute atomic E-state index is 0.200. The topological polar surface area (TPSA) is 15.3 Å². The fourth-order valence-corrected chi connectivity index (χ4v) is 0.999. The molecule has 0 radical (unpaired) electrons. The van der Waals surface area contributed by atoms with Crippen molar-refractivity contribution >= 4 is 0 Å². The van der Waals surface area contributed by atoms with Crippen molar-refractivity contribution in [3.05, 3.63) is 0 Å². The van der Waals surface area contributed by atoms with Crippen LogP contribution in [0.5, 0.6) is 0 Å². The number of likely N-dealkylation sites (N-methyl/N-ethyl adjacent to an activating group) is 1. The molecule has 2 nitrogen and oxygen atoms in total. The third kappa shape index (κ3) is 6.90. The van der Waals surface area contributed by atoms with E-state index in [9.17, 15) is 8.78 Å². The predicted molar refractivity (Wildman–Crippen MR) is 51.3 cm³/mol. The number of alkyl halides is 2. The molecule has 0 aliphatic carbocycles. The standard InChI is InChI=1S/C9H20F2N2/c1-4-8(2)13(3)6-5-12-7-9(10)11/h8-9,12H,4-7H2,1-3H3. The average molecular weight is 194 g/mol. The Morgan fingerprint density at radius 2 is 2.00 bits per heavy atom. The minimum atomic E-state index is -2.24. The van der Waals surface area contributed by atoms with Crippen LogP contribution in [-0.4, -0.2) is 44.0 Å². The Labute approximate surface area is 79.3 Å². The minimum Gasteiger partial charge on any atom is -0.310 e. The number of halogens is 2. The maximum absolute atomic E-state index is 11.7. The maximum Gasteiger partial charge on any atom is 0.250 e. The Kier molecular flexibility index (Phi) is 7.09. The van der Waals surface area contributed by atoms with Crippen LogP contribution in [0.3, 0.4) is 0 Å². The quantitative estimate of drug-likeness (QED) is 0.619. The number of nitrogens with zero attached hydrogens (tertiary/aromatic N) is 1. The molecular weight excluding hydrogens is 174 g/mol. The Morgan fingerprint density at radius 1 is 1.38 bits per heavy atom. The van der Waals surface area contributed by atoms with Crippen molar-refractivity contribution in [3.8, 4) is 0 Å². The molecule has 0 aromatic heterocycles. The van der Waals surface area contributed by atoms with Crippen molar-refractivity contribution in [2.75, 3.05) is 26.7 Å². The van der Waals surface area contributed by atoms with E-state index in [0.717, 1.165) is 13.0 Å². The van der Waals surface area contributed by atoms with Gasteiger partial charge in [0, 0.05) is 19.1 Å². The average Bonchev–Trinajstić information content (AvgIpc) is 2.10. The van der Waals surface area contributed by atoms with Crippen LogP contribution in [0.2, 0.25) is 0 Å². The molecule has 1 unspecified atom stereocenters. The summed E-state index contributed by atoms with van der Waals surface area (Å²) in [6.07, 6.45) is -1.15. The molecule has 1 N–H and O–H groups in total. The lowest BCUT2D eigenvalue weighted by Crippen LogP contribution is -2.36. The molecule has 0 rings (SSSR count). The molecule has 0 aliphatic rings. The van der Waals surface area contributed by atoms with E-state index in [1.54, 1.807) is 0 Å². The van der Waals surface area contributed by atoms with E-state index in [1.807, 2.05) is 7.05 Å². The molecule has 13 heavy (non-hydrogen) atoms. The van der Waals surface area contributed by atoms with Crippen LogP contribution < -0.4 is 5.32 Å². The summed E-state index contributed by atoms with van der Waals surface area (Å²) in [7, 11) is 2.01.